The normalized spacial score (nSPS) is 10.1. The van der Waals surface area contributed by atoms with Crippen LogP contribution < -0.4 is 11.1 Å². The van der Waals surface area contributed by atoms with Crippen LogP contribution in [0.4, 0.5) is 5.69 Å². The van der Waals surface area contributed by atoms with Gasteiger partial charge in [0.1, 0.15) is 0 Å². The predicted octanol–water partition coefficient (Wildman–Crippen LogP) is 2.29. The molecule has 0 aliphatic rings. The van der Waals surface area contributed by atoms with E-state index in [0.29, 0.717) is 12.1 Å². The molecule has 2 aromatic carbocycles. The van der Waals surface area contributed by atoms with Crippen LogP contribution in [-0.2, 0) is 20.7 Å². The molecule has 0 aromatic heterocycles. The molecule has 6 heteroatoms. The monoisotopic (exact) mass is 340 g/mol. The van der Waals surface area contributed by atoms with Crippen LogP contribution in [0.15, 0.2) is 54.6 Å². The molecule has 0 aliphatic carbocycles. The Morgan fingerprint density at radius 2 is 1.60 bits per heavy atom. The molecular weight excluding hydrogens is 320 g/mol. The van der Waals surface area contributed by atoms with Gasteiger partial charge in [0.2, 0.25) is 5.91 Å². The van der Waals surface area contributed by atoms with Crippen molar-refractivity contribution in [2.24, 2.45) is 5.73 Å². The molecule has 0 atom stereocenters. The van der Waals surface area contributed by atoms with E-state index in [9.17, 15) is 14.4 Å². The summed E-state index contributed by atoms with van der Waals surface area (Å²) in [6, 6.07) is 16.1. The van der Waals surface area contributed by atoms with Crippen LogP contribution in [0.2, 0.25) is 0 Å². The molecule has 2 aromatic rings. The van der Waals surface area contributed by atoms with Crippen molar-refractivity contribution in [3.63, 3.8) is 0 Å². The van der Waals surface area contributed by atoms with Crippen molar-refractivity contribution in [2.45, 2.75) is 19.3 Å². The number of hydrogen-bond donors (Lipinski definition) is 2. The Hall–Kier alpha value is -3.15. The zero-order valence-electron chi connectivity index (χ0n) is 13.7. The summed E-state index contributed by atoms with van der Waals surface area (Å²) >= 11 is 0. The second kappa shape index (κ2) is 9.22. The van der Waals surface area contributed by atoms with E-state index in [1.165, 1.54) is 6.07 Å². The molecule has 0 fully saturated rings. The van der Waals surface area contributed by atoms with E-state index in [-0.39, 0.29) is 30.9 Å². The molecule has 0 radical (unpaired) electrons. The number of nitrogens with two attached hydrogens (primary N) is 1. The Balaban J connectivity index is 1.73. The Morgan fingerprint density at radius 1 is 0.920 bits per heavy atom. The van der Waals surface area contributed by atoms with Gasteiger partial charge in [-0.3, -0.25) is 14.4 Å². The summed E-state index contributed by atoms with van der Waals surface area (Å²) < 4.78 is 5.12. The highest BCUT2D eigenvalue weighted by Gasteiger charge is 2.12. The van der Waals surface area contributed by atoms with Gasteiger partial charge in [0.05, 0.1) is 24.3 Å². The average molecular weight is 340 g/mol. The first-order valence-corrected chi connectivity index (χ1v) is 7.94. The number of rotatable bonds is 8. The maximum Gasteiger partial charge on any atom is 0.306 e. The van der Waals surface area contributed by atoms with Crippen LogP contribution in [0.25, 0.3) is 0 Å². The molecule has 6 nitrogen and oxygen atoms in total. The molecule has 0 spiro atoms. The highest BCUT2D eigenvalue weighted by molar-refractivity contribution is 6.03. The lowest BCUT2D eigenvalue weighted by molar-refractivity contribution is -0.144. The van der Waals surface area contributed by atoms with Crippen LogP contribution >= 0.6 is 0 Å². The molecule has 0 aliphatic heterocycles. The number of esters is 1. The number of carbonyl (C=O) groups is 3. The van der Waals surface area contributed by atoms with E-state index in [1.54, 1.807) is 18.2 Å². The number of primary amides is 1. The number of carbonyl (C=O) groups excluding carboxylic acids is 3. The lowest BCUT2D eigenvalue weighted by Gasteiger charge is -2.09. The van der Waals surface area contributed by atoms with Crippen molar-refractivity contribution in [3.8, 4) is 0 Å². The minimum Gasteiger partial charge on any atom is -0.465 e. The summed E-state index contributed by atoms with van der Waals surface area (Å²) in [6.07, 6.45) is 0.571. The Morgan fingerprint density at radius 3 is 2.32 bits per heavy atom. The molecule has 0 saturated heterocycles. The number of anilines is 1. The SMILES string of the molecule is NC(=O)c1ccccc1NC(=O)CCC(=O)OCCc1ccccc1. The second-order valence-corrected chi connectivity index (χ2v) is 5.41. The zero-order valence-corrected chi connectivity index (χ0v) is 13.7. The van der Waals surface area contributed by atoms with Crippen LogP contribution in [0.1, 0.15) is 28.8 Å². The van der Waals surface area contributed by atoms with E-state index in [2.05, 4.69) is 5.32 Å². The molecule has 2 rings (SSSR count). The molecule has 3 N–H and O–H groups in total. The summed E-state index contributed by atoms with van der Waals surface area (Å²) in [4.78, 5) is 34.9. The van der Waals surface area contributed by atoms with Gasteiger partial charge in [0.15, 0.2) is 0 Å². The van der Waals surface area contributed by atoms with Gasteiger partial charge < -0.3 is 15.8 Å². The van der Waals surface area contributed by atoms with Crippen molar-refractivity contribution in [1.29, 1.82) is 0 Å². The van der Waals surface area contributed by atoms with Crippen molar-refractivity contribution in [2.75, 3.05) is 11.9 Å². The van der Waals surface area contributed by atoms with E-state index in [1.807, 2.05) is 30.3 Å². The van der Waals surface area contributed by atoms with Crippen molar-refractivity contribution >= 4 is 23.5 Å². The molecule has 0 saturated carbocycles. The van der Waals surface area contributed by atoms with Crippen LogP contribution in [0, 0.1) is 0 Å². The van der Waals surface area contributed by atoms with Gasteiger partial charge in [-0.05, 0) is 17.7 Å². The summed E-state index contributed by atoms with van der Waals surface area (Å²) in [5.74, 6) is -1.45. The van der Waals surface area contributed by atoms with Gasteiger partial charge in [-0.25, -0.2) is 0 Å². The molecule has 2 amide bonds. The standard InChI is InChI=1S/C19H20N2O4/c20-19(24)15-8-4-5-9-16(15)21-17(22)10-11-18(23)25-13-12-14-6-2-1-3-7-14/h1-9H,10-13H2,(H2,20,24)(H,21,22). The van der Waals surface area contributed by atoms with Crippen LogP contribution in [0.3, 0.4) is 0 Å². The molecule has 0 bridgehead atoms. The third-order valence-electron chi connectivity index (χ3n) is 3.52. The first-order valence-electron chi connectivity index (χ1n) is 7.94. The Bertz CT molecular complexity index is 744. The van der Waals surface area contributed by atoms with E-state index < -0.39 is 11.9 Å². The lowest BCUT2D eigenvalue weighted by Crippen LogP contribution is -2.19. The fourth-order valence-corrected chi connectivity index (χ4v) is 2.23. The minimum absolute atomic E-state index is 0.0284. The summed E-state index contributed by atoms with van der Waals surface area (Å²) in [6.45, 7) is 0.273. The smallest absolute Gasteiger partial charge is 0.306 e. The van der Waals surface area contributed by atoms with Crippen molar-refractivity contribution in [1.82, 2.24) is 0 Å². The molecule has 0 heterocycles. The number of nitrogens with one attached hydrogen (secondary N) is 1. The predicted molar refractivity (Wildman–Crippen MR) is 93.9 cm³/mol. The van der Waals surface area contributed by atoms with E-state index >= 15 is 0 Å². The summed E-state index contributed by atoms with van der Waals surface area (Å²) in [7, 11) is 0. The van der Waals surface area contributed by atoms with Gasteiger partial charge in [-0.1, -0.05) is 42.5 Å². The average Bonchev–Trinajstić information content (AvgIpc) is 2.61. The van der Waals surface area contributed by atoms with Crippen molar-refractivity contribution < 1.29 is 19.1 Å². The molecule has 25 heavy (non-hydrogen) atoms. The zero-order chi connectivity index (χ0) is 18.1. The van der Waals surface area contributed by atoms with Gasteiger partial charge in [-0.2, -0.15) is 0 Å². The lowest BCUT2D eigenvalue weighted by atomic mass is 10.1. The first kappa shape index (κ1) is 18.2. The van der Waals surface area contributed by atoms with Crippen molar-refractivity contribution in [3.05, 3.63) is 65.7 Å². The topological polar surface area (TPSA) is 98.5 Å². The largest absolute Gasteiger partial charge is 0.465 e. The minimum atomic E-state index is -0.628. The first-order chi connectivity index (χ1) is 12.1. The Kier molecular flexibility index (Phi) is 6.71. The summed E-state index contributed by atoms with van der Waals surface area (Å²) in [5.41, 5.74) is 6.89. The van der Waals surface area contributed by atoms with E-state index in [0.717, 1.165) is 5.56 Å². The number of para-hydroxylation sites is 1. The van der Waals surface area contributed by atoms with Crippen LogP contribution in [0.5, 0.6) is 0 Å². The number of ether oxygens (including phenoxy) is 1. The van der Waals surface area contributed by atoms with Gasteiger partial charge in [0, 0.05) is 12.8 Å². The molecular formula is C19H20N2O4. The van der Waals surface area contributed by atoms with Crippen LogP contribution in [-0.4, -0.2) is 24.4 Å². The Labute approximate surface area is 146 Å². The quantitative estimate of drug-likeness (QED) is 0.720. The number of amides is 2. The number of hydrogen-bond acceptors (Lipinski definition) is 4. The second-order valence-electron chi connectivity index (χ2n) is 5.41. The molecule has 130 valence electrons. The number of benzene rings is 2. The van der Waals surface area contributed by atoms with Gasteiger partial charge >= 0.3 is 5.97 Å². The maximum atomic E-state index is 11.9. The highest BCUT2D eigenvalue weighted by Crippen LogP contribution is 2.14. The third kappa shape index (κ3) is 6.10. The fourth-order valence-electron chi connectivity index (χ4n) is 2.23. The highest BCUT2D eigenvalue weighted by atomic mass is 16.5. The fraction of sp³-hybridized carbons (Fsp3) is 0.211. The van der Waals surface area contributed by atoms with Gasteiger partial charge in [0.25, 0.3) is 5.91 Å². The maximum absolute atomic E-state index is 11.9. The molecule has 0 unspecified atom stereocenters. The van der Waals surface area contributed by atoms with Gasteiger partial charge in [-0.15, -0.1) is 0 Å². The van der Waals surface area contributed by atoms with E-state index in [4.69, 9.17) is 10.5 Å². The summed E-state index contributed by atoms with van der Waals surface area (Å²) in [5, 5.41) is 2.58. The third-order valence-corrected chi connectivity index (χ3v) is 3.52.